The van der Waals surface area contributed by atoms with Crippen molar-refractivity contribution in [3.05, 3.63) is 0 Å². The van der Waals surface area contributed by atoms with Gasteiger partial charge in [-0.3, -0.25) is 4.79 Å². The highest BCUT2D eigenvalue weighted by Gasteiger charge is 2.49. The van der Waals surface area contributed by atoms with Crippen molar-refractivity contribution in [3.8, 4) is 0 Å². The first-order valence-electron chi connectivity index (χ1n) is 5.72. The van der Waals surface area contributed by atoms with E-state index in [0.717, 1.165) is 12.8 Å². The lowest BCUT2D eigenvalue weighted by atomic mass is 10.1. The van der Waals surface area contributed by atoms with Crippen molar-refractivity contribution >= 4 is 12.0 Å². The van der Waals surface area contributed by atoms with E-state index < -0.39 is 12.0 Å². The van der Waals surface area contributed by atoms with Crippen molar-refractivity contribution in [3.63, 3.8) is 0 Å². The van der Waals surface area contributed by atoms with E-state index in [1.54, 1.807) is 4.90 Å². The fourth-order valence-corrected chi connectivity index (χ4v) is 2.65. The van der Waals surface area contributed by atoms with Crippen LogP contribution in [0.1, 0.15) is 12.8 Å². The summed E-state index contributed by atoms with van der Waals surface area (Å²) < 4.78 is 0. The van der Waals surface area contributed by atoms with Crippen LogP contribution < -0.4 is 5.32 Å². The van der Waals surface area contributed by atoms with Gasteiger partial charge in [-0.15, -0.1) is 0 Å². The lowest BCUT2D eigenvalue weighted by molar-refractivity contribution is -0.141. The van der Waals surface area contributed by atoms with Gasteiger partial charge in [-0.2, -0.15) is 0 Å². The van der Waals surface area contributed by atoms with Crippen LogP contribution in [0.15, 0.2) is 0 Å². The molecule has 3 fully saturated rings. The highest BCUT2D eigenvalue weighted by Crippen LogP contribution is 2.33. The molecule has 0 aromatic heterocycles. The van der Waals surface area contributed by atoms with Crippen molar-refractivity contribution in [1.29, 1.82) is 0 Å². The van der Waals surface area contributed by atoms with Gasteiger partial charge < -0.3 is 20.2 Å². The normalized spacial score (nSPS) is 34.1. The third-order valence-electron chi connectivity index (χ3n) is 3.63. The van der Waals surface area contributed by atoms with Gasteiger partial charge in [0.05, 0.1) is 6.04 Å². The average molecular weight is 225 g/mol. The molecule has 0 radical (unpaired) electrons. The molecule has 2 amide bonds. The fraction of sp³-hybridized carbons (Fsp3) is 0.800. The molecule has 2 unspecified atom stereocenters. The quantitative estimate of drug-likeness (QED) is 0.652. The number of carboxylic acid groups (broad SMARTS) is 1. The second-order valence-corrected chi connectivity index (χ2v) is 4.70. The van der Waals surface area contributed by atoms with E-state index >= 15 is 0 Å². The highest BCUT2D eigenvalue weighted by atomic mass is 16.4. The molecule has 0 bridgehead atoms. The van der Waals surface area contributed by atoms with Gasteiger partial charge in [-0.25, -0.2) is 4.79 Å². The van der Waals surface area contributed by atoms with Crippen LogP contribution >= 0.6 is 0 Å². The maximum atomic E-state index is 12.0. The Morgan fingerprint density at radius 2 is 2.12 bits per heavy atom. The third kappa shape index (κ3) is 1.36. The van der Waals surface area contributed by atoms with E-state index in [9.17, 15) is 9.59 Å². The minimum Gasteiger partial charge on any atom is -0.480 e. The number of aliphatic carboxylic acids is 1. The summed E-state index contributed by atoms with van der Waals surface area (Å²) in [6.45, 7) is 1.75. The van der Waals surface area contributed by atoms with Crippen molar-refractivity contribution < 1.29 is 14.7 Å². The van der Waals surface area contributed by atoms with Gasteiger partial charge in [0.15, 0.2) is 0 Å². The van der Waals surface area contributed by atoms with E-state index in [2.05, 4.69) is 5.32 Å². The van der Waals surface area contributed by atoms with Crippen LogP contribution in [0.4, 0.5) is 4.79 Å². The lowest BCUT2D eigenvalue weighted by Gasteiger charge is -2.33. The summed E-state index contributed by atoms with van der Waals surface area (Å²) in [5, 5.41) is 12.1. The molecule has 0 spiro atoms. The summed E-state index contributed by atoms with van der Waals surface area (Å²) in [4.78, 5) is 26.7. The van der Waals surface area contributed by atoms with Crippen LogP contribution in [-0.4, -0.2) is 64.7 Å². The Balaban J connectivity index is 1.81. The molecule has 88 valence electrons. The Bertz CT molecular complexity index is 342. The van der Waals surface area contributed by atoms with Gasteiger partial charge in [-0.1, -0.05) is 0 Å². The molecule has 0 aromatic carbocycles. The first kappa shape index (κ1) is 9.89. The van der Waals surface area contributed by atoms with Crippen LogP contribution in [0.2, 0.25) is 0 Å². The fourth-order valence-electron chi connectivity index (χ4n) is 2.65. The Labute approximate surface area is 93.2 Å². The smallest absolute Gasteiger partial charge is 0.322 e. The van der Waals surface area contributed by atoms with Gasteiger partial charge in [-0.05, 0) is 12.8 Å². The minimum absolute atomic E-state index is 0.0280. The summed E-state index contributed by atoms with van der Waals surface area (Å²) in [6, 6.07) is -0.409. The molecule has 2 saturated heterocycles. The SMILES string of the molecule is O=C(O)C1NCCN2C(=O)N(C3CC3)CC12. The van der Waals surface area contributed by atoms with Crippen LogP contribution in [0, 0.1) is 0 Å². The highest BCUT2D eigenvalue weighted by molar-refractivity contribution is 5.82. The Hall–Kier alpha value is -1.30. The Morgan fingerprint density at radius 1 is 1.38 bits per heavy atom. The number of piperazine rings is 1. The van der Waals surface area contributed by atoms with Gasteiger partial charge in [0, 0.05) is 25.7 Å². The number of rotatable bonds is 2. The van der Waals surface area contributed by atoms with Crippen LogP contribution in [-0.2, 0) is 4.79 Å². The first-order chi connectivity index (χ1) is 7.68. The van der Waals surface area contributed by atoms with Gasteiger partial charge in [0.2, 0.25) is 0 Å². The van der Waals surface area contributed by atoms with Crippen molar-refractivity contribution in [2.75, 3.05) is 19.6 Å². The molecule has 1 saturated carbocycles. The zero-order valence-electron chi connectivity index (χ0n) is 8.93. The standard InChI is InChI=1S/C10H15N3O3/c14-9(15)8-7-5-13(6-1-2-6)10(16)12(7)4-3-11-8/h6-8,11H,1-5H2,(H,14,15). The van der Waals surface area contributed by atoms with E-state index in [1.807, 2.05) is 4.90 Å². The number of hydrogen-bond acceptors (Lipinski definition) is 3. The molecular weight excluding hydrogens is 210 g/mol. The van der Waals surface area contributed by atoms with E-state index in [0.29, 0.717) is 25.7 Å². The number of carbonyl (C=O) groups is 2. The first-order valence-corrected chi connectivity index (χ1v) is 5.72. The topological polar surface area (TPSA) is 72.9 Å². The number of nitrogens with zero attached hydrogens (tertiary/aromatic N) is 2. The molecule has 3 rings (SSSR count). The number of urea groups is 1. The molecule has 0 aromatic rings. The van der Waals surface area contributed by atoms with E-state index in [-0.39, 0.29) is 12.1 Å². The molecule has 16 heavy (non-hydrogen) atoms. The molecular formula is C10H15N3O3. The molecule has 3 aliphatic rings. The zero-order valence-corrected chi connectivity index (χ0v) is 8.93. The van der Waals surface area contributed by atoms with Gasteiger partial charge in [0.1, 0.15) is 6.04 Å². The second kappa shape index (κ2) is 3.35. The monoisotopic (exact) mass is 225 g/mol. The maximum Gasteiger partial charge on any atom is 0.322 e. The number of amides is 2. The van der Waals surface area contributed by atoms with E-state index in [1.165, 1.54) is 0 Å². The second-order valence-electron chi connectivity index (χ2n) is 4.70. The summed E-state index contributed by atoms with van der Waals surface area (Å²) in [7, 11) is 0. The minimum atomic E-state index is -0.861. The van der Waals surface area contributed by atoms with Crippen LogP contribution in [0.25, 0.3) is 0 Å². The summed E-state index contributed by atoms with van der Waals surface area (Å²) in [5.74, 6) is -0.861. The third-order valence-corrected chi connectivity index (χ3v) is 3.63. The molecule has 2 N–H and O–H groups in total. The molecule has 2 aliphatic heterocycles. The zero-order chi connectivity index (χ0) is 11.3. The van der Waals surface area contributed by atoms with Crippen LogP contribution in [0.5, 0.6) is 0 Å². The van der Waals surface area contributed by atoms with Crippen LogP contribution in [0.3, 0.4) is 0 Å². The largest absolute Gasteiger partial charge is 0.480 e. The Morgan fingerprint density at radius 3 is 2.75 bits per heavy atom. The number of carbonyl (C=O) groups excluding carboxylic acids is 1. The van der Waals surface area contributed by atoms with Crippen molar-refractivity contribution in [2.45, 2.75) is 31.0 Å². The number of carboxylic acids is 1. The predicted octanol–water partition coefficient (Wildman–Crippen LogP) is -0.689. The van der Waals surface area contributed by atoms with Gasteiger partial charge in [0.25, 0.3) is 0 Å². The number of fused-ring (bicyclic) bond motifs is 1. The van der Waals surface area contributed by atoms with Crippen molar-refractivity contribution in [2.24, 2.45) is 0 Å². The van der Waals surface area contributed by atoms with E-state index in [4.69, 9.17) is 5.11 Å². The number of nitrogens with one attached hydrogen (secondary N) is 1. The molecule has 6 heteroatoms. The van der Waals surface area contributed by atoms with Crippen molar-refractivity contribution in [1.82, 2.24) is 15.1 Å². The summed E-state index contributed by atoms with van der Waals surface area (Å²) in [5.41, 5.74) is 0. The molecule has 1 aliphatic carbocycles. The molecule has 2 atom stereocenters. The molecule has 2 heterocycles. The summed E-state index contributed by atoms with van der Waals surface area (Å²) >= 11 is 0. The lowest BCUT2D eigenvalue weighted by Crippen LogP contribution is -2.60. The predicted molar refractivity (Wildman–Crippen MR) is 55.0 cm³/mol. The summed E-state index contributed by atoms with van der Waals surface area (Å²) in [6.07, 6.45) is 2.13. The Kier molecular flexibility index (Phi) is 2.07. The van der Waals surface area contributed by atoms with Gasteiger partial charge >= 0.3 is 12.0 Å². The maximum absolute atomic E-state index is 12.0. The number of hydrogen-bond donors (Lipinski definition) is 2. The molecule has 6 nitrogen and oxygen atoms in total. The average Bonchev–Trinajstić information content (AvgIpc) is 3.04.